The zero-order chi connectivity index (χ0) is 19.9. The van der Waals surface area contributed by atoms with E-state index < -0.39 is 0 Å². The van der Waals surface area contributed by atoms with Gasteiger partial charge in [-0.15, -0.1) is 0 Å². The van der Waals surface area contributed by atoms with Crippen molar-refractivity contribution < 1.29 is 14.3 Å². The lowest BCUT2D eigenvalue weighted by Gasteiger charge is -2.15. The third-order valence-electron chi connectivity index (χ3n) is 4.34. The molecule has 3 aromatic carbocycles. The molecule has 0 atom stereocenters. The van der Waals surface area contributed by atoms with Crippen LogP contribution in [0.2, 0.25) is 0 Å². The molecule has 142 valence electrons. The zero-order valence-corrected chi connectivity index (χ0v) is 15.9. The van der Waals surface area contributed by atoms with Gasteiger partial charge in [0.1, 0.15) is 5.75 Å². The molecule has 3 rings (SSSR count). The molecule has 0 fully saturated rings. The van der Waals surface area contributed by atoms with Gasteiger partial charge in [-0.2, -0.15) is 0 Å². The van der Waals surface area contributed by atoms with Gasteiger partial charge in [-0.25, -0.2) is 0 Å². The lowest BCUT2D eigenvalue weighted by atomic mass is 10.1. The molecule has 0 aliphatic rings. The predicted molar refractivity (Wildman–Crippen MR) is 112 cm³/mol. The molecular formula is C23H22N2O3. The van der Waals surface area contributed by atoms with Crippen LogP contribution in [0, 0.1) is 0 Å². The number of ether oxygens (including phenoxy) is 1. The van der Waals surface area contributed by atoms with Crippen LogP contribution in [0.5, 0.6) is 5.75 Å². The Morgan fingerprint density at radius 1 is 0.857 bits per heavy atom. The molecule has 0 spiro atoms. The first-order valence-corrected chi connectivity index (χ1v) is 8.95. The van der Waals surface area contributed by atoms with Gasteiger partial charge in [0.05, 0.1) is 0 Å². The van der Waals surface area contributed by atoms with E-state index in [4.69, 9.17) is 4.74 Å². The van der Waals surface area contributed by atoms with Crippen molar-refractivity contribution >= 4 is 23.2 Å². The summed E-state index contributed by atoms with van der Waals surface area (Å²) in [5.41, 5.74) is 3.63. The van der Waals surface area contributed by atoms with Crippen molar-refractivity contribution in [3.8, 4) is 16.9 Å². The molecular weight excluding hydrogens is 352 g/mol. The predicted octanol–water partition coefficient (Wildman–Crippen LogP) is 4.35. The quantitative estimate of drug-likeness (QED) is 0.698. The van der Waals surface area contributed by atoms with Crippen LogP contribution in [0.15, 0.2) is 78.9 Å². The summed E-state index contributed by atoms with van der Waals surface area (Å²) in [7, 11) is 1.70. The van der Waals surface area contributed by atoms with Crippen LogP contribution in [0.4, 0.5) is 11.4 Å². The van der Waals surface area contributed by atoms with E-state index in [1.165, 1.54) is 11.8 Å². The van der Waals surface area contributed by atoms with Crippen molar-refractivity contribution in [1.29, 1.82) is 0 Å². The summed E-state index contributed by atoms with van der Waals surface area (Å²) in [4.78, 5) is 25.0. The number of hydrogen-bond acceptors (Lipinski definition) is 3. The average molecular weight is 374 g/mol. The van der Waals surface area contributed by atoms with Crippen LogP contribution in [0.1, 0.15) is 6.92 Å². The average Bonchev–Trinajstić information content (AvgIpc) is 2.73. The Balaban J connectivity index is 1.52. The fourth-order valence-corrected chi connectivity index (χ4v) is 2.67. The number of amides is 2. The molecule has 0 saturated carbocycles. The van der Waals surface area contributed by atoms with Crippen LogP contribution in [0.3, 0.4) is 0 Å². The minimum Gasteiger partial charge on any atom is -0.484 e. The second-order valence-electron chi connectivity index (χ2n) is 6.35. The second-order valence-corrected chi connectivity index (χ2v) is 6.35. The van der Waals surface area contributed by atoms with Gasteiger partial charge in [0.25, 0.3) is 5.91 Å². The van der Waals surface area contributed by atoms with Crippen LogP contribution in [-0.4, -0.2) is 25.5 Å². The number of rotatable bonds is 6. The Bertz CT molecular complexity index is 936. The van der Waals surface area contributed by atoms with Crippen molar-refractivity contribution in [1.82, 2.24) is 0 Å². The van der Waals surface area contributed by atoms with Gasteiger partial charge in [-0.3, -0.25) is 9.59 Å². The van der Waals surface area contributed by atoms with Crippen molar-refractivity contribution in [2.24, 2.45) is 0 Å². The molecule has 0 aliphatic carbocycles. The largest absolute Gasteiger partial charge is 0.484 e. The number of carbonyl (C=O) groups is 2. The smallest absolute Gasteiger partial charge is 0.262 e. The van der Waals surface area contributed by atoms with E-state index in [2.05, 4.69) is 5.32 Å². The van der Waals surface area contributed by atoms with Crippen molar-refractivity contribution in [3.05, 3.63) is 78.9 Å². The maximum absolute atomic E-state index is 12.1. The SMILES string of the molecule is CC(=O)N(C)c1ccc(NC(=O)COc2ccc(-c3ccccc3)cc2)cc1. The van der Waals surface area contributed by atoms with E-state index in [-0.39, 0.29) is 18.4 Å². The minimum atomic E-state index is -0.250. The van der Waals surface area contributed by atoms with Gasteiger partial charge >= 0.3 is 0 Å². The Labute approximate surface area is 164 Å². The van der Waals surface area contributed by atoms with E-state index in [1.807, 2.05) is 54.6 Å². The number of hydrogen-bond donors (Lipinski definition) is 1. The number of anilines is 2. The first-order chi connectivity index (χ1) is 13.5. The maximum Gasteiger partial charge on any atom is 0.262 e. The lowest BCUT2D eigenvalue weighted by molar-refractivity contribution is -0.118. The molecule has 3 aromatic rings. The second kappa shape index (κ2) is 8.86. The summed E-state index contributed by atoms with van der Waals surface area (Å²) in [6, 6.07) is 24.7. The molecule has 0 aliphatic heterocycles. The summed E-state index contributed by atoms with van der Waals surface area (Å²) in [6.45, 7) is 1.42. The maximum atomic E-state index is 12.1. The topological polar surface area (TPSA) is 58.6 Å². The van der Waals surface area contributed by atoms with E-state index in [0.717, 1.165) is 16.8 Å². The molecule has 1 N–H and O–H groups in total. The Morgan fingerprint density at radius 3 is 2.07 bits per heavy atom. The number of nitrogens with zero attached hydrogens (tertiary/aromatic N) is 1. The number of benzene rings is 3. The number of carbonyl (C=O) groups excluding carboxylic acids is 2. The third-order valence-corrected chi connectivity index (χ3v) is 4.34. The Kier molecular flexibility index (Phi) is 6.07. The van der Waals surface area contributed by atoms with Gasteiger partial charge in [0.2, 0.25) is 5.91 Å². The van der Waals surface area contributed by atoms with Crippen LogP contribution < -0.4 is 15.0 Å². The van der Waals surface area contributed by atoms with E-state index in [1.54, 1.807) is 31.3 Å². The van der Waals surface area contributed by atoms with Crippen LogP contribution in [-0.2, 0) is 9.59 Å². The Morgan fingerprint density at radius 2 is 1.46 bits per heavy atom. The van der Waals surface area contributed by atoms with Gasteiger partial charge in [0.15, 0.2) is 6.61 Å². The molecule has 2 amide bonds. The normalized spacial score (nSPS) is 10.2. The van der Waals surface area contributed by atoms with E-state index in [0.29, 0.717) is 11.4 Å². The van der Waals surface area contributed by atoms with E-state index in [9.17, 15) is 9.59 Å². The molecule has 0 saturated heterocycles. The summed E-state index contributed by atoms with van der Waals surface area (Å²) in [5.74, 6) is 0.330. The van der Waals surface area contributed by atoms with Gasteiger partial charge in [0, 0.05) is 25.3 Å². The fourth-order valence-electron chi connectivity index (χ4n) is 2.67. The summed E-state index contributed by atoms with van der Waals surface area (Å²) >= 11 is 0. The summed E-state index contributed by atoms with van der Waals surface area (Å²) < 4.78 is 5.56. The van der Waals surface area contributed by atoms with Gasteiger partial charge in [-0.05, 0) is 47.5 Å². The molecule has 5 heteroatoms. The zero-order valence-electron chi connectivity index (χ0n) is 15.9. The highest BCUT2D eigenvalue weighted by Crippen LogP contribution is 2.22. The van der Waals surface area contributed by atoms with E-state index >= 15 is 0 Å². The van der Waals surface area contributed by atoms with Crippen molar-refractivity contribution in [2.75, 3.05) is 23.9 Å². The molecule has 0 unspecified atom stereocenters. The fraction of sp³-hybridized carbons (Fsp3) is 0.130. The molecule has 0 heterocycles. The highest BCUT2D eigenvalue weighted by molar-refractivity contribution is 5.93. The van der Waals surface area contributed by atoms with Crippen molar-refractivity contribution in [2.45, 2.75) is 6.92 Å². The van der Waals surface area contributed by atoms with Gasteiger partial charge < -0.3 is 15.0 Å². The highest BCUT2D eigenvalue weighted by atomic mass is 16.5. The summed E-state index contributed by atoms with van der Waals surface area (Å²) in [6.07, 6.45) is 0. The summed E-state index contributed by atoms with van der Waals surface area (Å²) in [5, 5.41) is 2.78. The molecule has 28 heavy (non-hydrogen) atoms. The standard InChI is InChI=1S/C23H22N2O3/c1-17(26)25(2)21-12-10-20(11-13-21)24-23(27)16-28-22-14-8-19(9-15-22)18-6-4-3-5-7-18/h3-15H,16H2,1-2H3,(H,24,27). The molecule has 0 bridgehead atoms. The minimum absolute atomic E-state index is 0.0523. The molecule has 0 aromatic heterocycles. The first-order valence-electron chi connectivity index (χ1n) is 8.95. The molecule has 0 radical (unpaired) electrons. The van der Waals surface area contributed by atoms with Gasteiger partial charge in [-0.1, -0.05) is 42.5 Å². The molecule has 5 nitrogen and oxygen atoms in total. The first kappa shape index (κ1) is 19.2. The third kappa shape index (κ3) is 4.98. The Hall–Kier alpha value is -3.60. The number of nitrogens with one attached hydrogen (secondary N) is 1. The van der Waals surface area contributed by atoms with Crippen LogP contribution >= 0.6 is 0 Å². The van der Waals surface area contributed by atoms with Crippen LogP contribution in [0.25, 0.3) is 11.1 Å². The van der Waals surface area contributed by atoms with Crippen molar-refractivity contribution in [3.63, 3.8) is 0 Å². The lowest BCUT2D eigenvalue weighted by Crippen LogP contribution is -2.23. The highest BCUT2D eigenvalue weighted by Gasteiger charge is 2.07. The monoisotopic (exact) mass is 374 g/mol.